The van der Waals surface area contributed by atoms with Gasteiger partial charge in [-0.25, -0.2) is 0 Å². The quantitative estimate of drug-likeness (QED) is 0.482. The predicted octanol–water partition coefficient (Wildman–Crippen LogP) is 3.14. The van der Waals surface area contributed by atoms with Crippen molar-refractivity contribution in [2.45, 2.75) is 39.0 Å². The van der Waals surface area contributed by atoms with E-state index in [9.17, 15) is 0 Å². The van der Waals surface area contributed by atoms with Crippen molar-refractivity contribution in [3.63, 3.8) is 0 Å². The first kappa shape index (κ1) is 4.60. The average molecular weight is 114 g/mol. The van der Waals surface area contributed by atoms with Gasteiger partial charge in [-0.15, -0.1) is 6.58 Å². The molecule has 0 N–H and O–H groups in total. The summed E-state index contributed by atoms with van der Waals surface area (Å²) in [5.74, 6) is 0. The lowest BCUT2D eigenvalue weighted by Gasteiger charge is -1.91. The summed E-state index contributed by atoms with van der Waals surface area (Å²) in [5, 5.41) is 0. The zero-order valence-electron chi connectivity index (χ0n) is 7.56. The van der Waals surface area contributed by atoms with E-state index in [1.807, 2.05) is 6.92 Å². The molecule has 0 heteroatoms. The smallest absolute Gasteiger partial charge is 0.0270 e. The summed E-state index contributed by atoms with van der Waals surface area (Å²) in [4.78, 5) is 0. The van der Waals surface area contributed by atoms with Crippen LogP contribution < -0.4 is 0 Å². The Kier molecular flexibility index (Phi) is 3.88. The highest BCUT2D eigenvalue weighted by Gasteiger charge is 1.81. The van der Waals surface area contributed by atoms with E-state index in [2.05, 4.69) is 6.58 Å². The zero-order chi connectivity index (χ0) is 7.98. The van der Waals surface area contributed by atoms with Gasteiger partial charge in [-0.05, 0) is 12.8 Å². The molecule has 0 aliphatic carbocycles. The highest BCUT2D eigenvalue weighted by Crippen LogP contribution is 2.01. The fourth-order valence-electron chi connectivity index (χ4n) is 0.520. The maximum atomic E-state index is 7.41. The second kappa shape index (κ2) is 6.74. The van der Waals surface area contributed by atoms with Crippen LogP contribution in [0.5, 0.6) is 0 Å². The zero-order valence-corrected chi connectivity index (χ0v) is 5.56. The van der Waals surface area contributed by atoms with Crippen molar-refractivity contribution in [2.75, 3.05) is 0 Å². The van der Waals surface area contributed by atoms with Gasteiger partial charge in [0, 0.05) is 2.74 Å². The lowest BCUT2D eigenvalue weighted by Crippen LogP contribution is -1.71. The van der Waals surface area contributed by atoms with Crippen LogP contribution in [0.1, 0.15) is 41.7 Å². The molecule has 0 saturated carbocycles. The van der Waals surface area contributed by atoms with E-state index in [1.165, 1.54) is 0 Å². The van der Waals surface area contributed by atoms with Crippen LogP contribution >= 0.6 is 0 Å². The summed E-state index contributed by atoms with van der Waals surface area (Å²) in [6.07, 6.45) is 4.14. The Balaban J connectivity index is 3.20. The van der Waals surface area contributed by atoms with Gasteiger partial charge in [-0.3, -0.25) is 0 Å². The van der Waals surface area contributed by atoms with Crippen LogP contribution in [0.25, 0.3) is 0 Å². The molecule has 0 heterocycles. The van der Waals surface area contributed by atoms with Crippen molar-refractivity contribution < 1.29 is 2.74 Å². The van der Waals surface area contributed by atoms with Crippen LogP contribution in [0.15, 0.2) is 12.7 Å². The molecule has 0 aliphatic heterocycles. The summed E-state index contributed by atoms with van der Waals surface area (Å²) in [5.41, 5.74) is 0. The molecule has 0 nitrogen and oxygen atoms in total. The fourth-order valence-corrected chi connectivity index (χ4v) is 0.520. The molecule has 0 amide bonds. The number of hydrogen-bond donors (Lipinski definition) is 0. The molecule has 48 valence electrons. The van der Waals surface area contributed by atoms with Crippen molar-refractivity contribution in [2.24, 2.45) is 0 Å². The second-order valence-electron chi connectivity index (χ2n) is 1.80. The first-order valence-electron chi connectivity index (χ1n) is 4.27. The van der Waals surface area contributed by atoms with Gasteiger partial charge in [0.15, 0.2) is 0 Å². The van der Waals surface area contributed by atoms with Gasteiger partial charge < -0.3 is 0 Å². The first-order valence-corrected chi connectivity index (χ1v) is 3.12. The van der Waals surface area contributed by atoms with E-state index in [0.717, 1.165) is 19.3 Å². The molecule has 0 fully saturated rings. The Morgan fingerprint density at radius 2 is 2.38 bits per heavy atom. The SMILES string of the molecule is [2H]C(C)CCC([2H])CC=C. The topological polar surface area (TPSA) is 0 Å². The third-order valence-electron chi connectivity index (χ3n) is 0.993. The molecule has 0 bridgehead atoms. The maximum absolute atomic E-state index is 7.41. The molecular formula is C8H16. The fraction of sp³-hybridized carbons (Fsp3) is 0.750. The van der Waals surface area contributed by atoms with Crippen molar-refractivity contribution >= 4 is 0 Å². The van der Waals surface area contributed by atoms with Crippen LogP contribution in [0.2, 0.25) is 0 Å². The Morgan fingerprint density at radius 3 is 2.88 bits per heavy atom. The molecule has 0 spiro atoms. The van der Waals surface area contributed by atoms with E-state index in [-0.39, 0.29) is 12.8 Å². The van der Waals surface area contributed by atoms with Crippen molar-refractivity contribution in [1.29, 1.82) is 0 Å². The highest BCUT2D eigenvalue weighted by molar-refractivity contribution is 4.64. The molecule has 0 aromatic carbocycles. The van der Waals surface area contributed by atoms with Gasteiger partial charge >= 0.3 is 0 Å². The summed E-state index contributed by atoms with van der Waals surface area (Å²) in [6, 6.07) is 0. The van der Waals surface area contributed by atoms with Crippen molar-refractivity contribution in [3.05, 3.63) is 12.7 Å². The van der Waals surface area contributed by atoms with Crippen molar-refractivity contribution in [1.82, 2.24) is 0 Å². The third-order valence-corrected chi connectivity index (χ3v) is 0.993. The molecule has 2 unspecified atom stereocenters. The Morgan fingerprint density at radius 1 is 1.62 bits per heavy atom. The minimum Gasteiger partial charge on any atom is -0.103 e. The summed E-state index contributed by atoms with van der Waals surface area (Å²) >= 11 is 0. The van der Waals surface area contributed by atoms with Gasteiger partial charge in [0.1, 0.15) is 0 Å². The molecule has 2 atom stereocenters. The maximum Gasteiger partial charge on any atom is 0.0270 e. The number of allylic oxidation sites excluding steroid dienone is 1. The van der Waals surface area contributed by atoms with Crippen LogP contribution in [0.4, 0.5) is 0 Å². The molecule has 0 saturated heterocycles. The molecule has 8 heavy (non-hydrogen) atoms. The summed E-state index contributed by atoms with van der Waals surface area (Å²) in [7, 11) is 0. The summed E-state index contributed by atoms with van der Waals surface area (Å²) < 4.78 is 14.6. The van der Waals surface area contributed by atoms with Crippen LogP contribution in [0, 0.1) is 0 Å². The number of rotatable bonds is 5. The minimum atomic E-state index is -0.0368. The van der Waals surface area contributed by atoms with E-state index in [1.54, 1.807) is 6.08 Å². The van der Waals surface area contributed by atoms with Crippen molar-refractivity contribution in [3.8, 4) is 0 Å². The minimum absolute atomic E-state index is 0.0161. The Bertz CT molecular complexity index is 89.3. The standard InChI is InChI=1S/C8H16/c1-3-5-7-8-6-4-2/h3H,1,4-8H2,2H3/i4D,7D. The third kappa shape index (κ3) is 5.74. The van der Waals surface area contributed by atoms with Crippen LogP contribution in [0.3, 0.4) is 0 Å². The molecule has 0 radical (unpaired) electrons. The Labute approximate surface area is 55.4 Å². The second-order valence-corrected chi connectivity index (χ2v) is 1.80. The van der Waals surface area contributed by atoms with Gasteiger partial charge in [0.05, 0.1) is 0 Å². The van der Waals surface area contributed by atoms with E-state index >= 15 is 0 Å². The van der Waals surface area contributed by atoms with Gasteiger partial charge in [0.25, 0.3) is 0 Å². The van der Waals surface area contributed by atoms with Gasteiger partial charge in [0.2, 0.25) is 0 Å². The first-order chi connectivity index (χ1) is 4.66. The molecule has 0 rings (SSSR count). The lowest BCUT2D eigenvalue weighted by atomic mass is 10.2. The van der Waals surface area contributed by atoms with Crippen LogP contribution in [-0.4, -0.2) is 0 Å². The van der Waals surface area contributed by atoms with E-state index in [4.69, 9.17) is 2.74 Å². The highest BCUT2D eigenvalue weighted by atomic mass is 13.9. The molecular weight excluding hydrogens is 96.1 g/mol. The summed E-state index contributed by atoms with van der Waals surface area (Å²) in [6.45, 7) is 5.42. The van der Waals surface area contributed by atoms with E-state index < -0.39 is 0 Å². The Hall–Kier alpha value is -0.260. The van der Waals surface area contributed by atoms with E-state index in [0.29, 0.717) is 0 Å². The normalized spacial score (nSPS) is 20.6. The van der Waals surface area contributed by atoms with Gasteiger partial charge in [-0.1, -0.05) is 32.2 Å². The number of hydrogen-bond acceptors (Lipinski definition) is 0. The monoisotopic (exact) mass is 114 g/mol. The predicted molar refractivity (Wildman–Crippen MR) is 39.0 cm³/mol. The average Bonchev–Trinajstić information content (AvgIpc) is 1.85. The molecule has 0 aromatic heterocycles. The molecule has 0 aromatic rings. The lowest BCUT2D eigenvalue weighted by molar-refractivity contribution is 0.675. The molecule has 0 aliphatic rings. The van der Waals surface area contributed by atoms with Gasteiger partial charge in [-0.2, -0.15) is 0 Å². The largest absolute Gasteiger partial charge is 0.103 e. The van der Waals surface area contributed by atoms with Crippen LogP contribution in [-0.2, 0) is 0 Å².